The topological polar surface area (TPSA) is 29.5 Å². The summed E-state index contributed by atoms with van der Waals surface area (Å²) in [4.78, 5) is 15.5. The average Bonchev–Trinajstić information content (AvgIpc) is 3.02. The Balaban J connectivity index is 1.99. The molecule has 0 aliphatic heterocycles. The molecule has 2 rings (SSSR count). The summed E-state index contributed by atoms with van der Waals surface area (Å²) in [5, 5.41) is 2.03. The molecule has 1 aromatic carbocycles. The molecule has 0 fully saturated rings. The van der Waals surface area contributed by atoms with Gasteiger partial charge in [0.15, 0.2) is 0 Å². The highest BCUT2D eigenvalue weighted by Crippen LogP contribution is 2.15. The van der Waals surface area contributed by atoms with E-state index in [1.165, 1.54) is 4.88 Å². The van der Waals surface area contributed by atoms with Crippen LogP contribution in [-0.2, 0) is 17.8 Å². The van der Waals surface area contributed by atoms with Gasteiger partial charge in [-0.25, -0.2) is 0 Å². The Kier molecular flexibility index (Phi) is 6.22. The molecule has 3 nitrogen and oxygen atoms in total. The van der Waals surface area contributed by atoms with Crippen molar-refractivity contribution in [2.24, 2.45) is 0 Å². The number of carbonyl (C=O) groups excluding carboxylic acids is 1. The van der Waals surface area contributed by atoms with Crippen molar-refractivity contribution in [1.29, 1.82) is 0 Å². The van der Waals surface area contributed by atoms with E-state index in [4.69, 9.17) is 4.74 Å². The van der Waals surface area contributed by atoms with Gasteiger partial charge in [0.2, 0.25) is 5.91 Å². The summed E-state index contributed by atoms with van der Waals surface area (Å²) in [5.74, 6) is 0.942. The highest BCUT2D eigenvalue weighted by atomic mass is 32.1. The van der Waals surface area contributed by atoms with E-state index in [2.05, 4.69) is 6.58 Å². The molecule has 0 N–H and O–H groups in total. The predicted octanol–water partition coefficient (Wildman–Crippen LogP) is 3.90. The van der Waals surface area contributed by atoms with Crippen molar-refractivity contribution in [3.05, 3.63) is 64.9 Å². The smallest absolute Gasteiger partial charge is 0.227 e. The van der Waals surface area contributed by atoms with Crippen molar-refractivity contribution in [2.75, 3.05) is 13.2 Å². The molecule has 1 aromatic heterocycles. The molecule has 2 aromatic rings. The van der Waals surface area contributed by atoms with Crippen molar-refractivity contribution >= 4 is 17.2 Å². The van der Waals surface area contributed by atoms with E-state index in [0.717, 1.165) is 11.3 Å². The van der Waals surface area contributed by atoms with Gasteiger partial charge in [-0.15, -0.1) is 17.9 Å². The molecule has 0 bridgehead atoms. The summed E-state index contributed by atoms with van der Waals surface area (Å²) >= 11 is 1.66. The van der Waals surface area contributed by atoms with Gasteiger partial charge in [-0.05, 0) is 36.1 Å². The second kappa shape index (κ2) is 8.39. The molecule has 4 heteroatoms. The average molecular weight is 315 g/mol. The summed E-state index contributed by atoms with van der Waals surface area (Å²) in [6.07, 6.45) is 2.16. The molecule has 0 atom stereocenters. The molecule has 0 saturated heterocycles. The van der Waals surface area contributed by atoms with Crippen LogP contribution in [0.1, 0.15) is 17.4 Å². The number of amides is 1. The molecule has 1 heterocycles. The van der Waals surface area contributed by atoms with E-state index in [0.29, 0.717) is 26.1 Å². The molecule has 0 spiro atoms. The predicted molar refractivity (Wildman–Crippen MR) is 91.2 cm³/mol. The number of thiophene rings is 1. The zero-order valence-electron chi connectivity index (χ0n) is 12.8. The van der Waals surface area contributed by atoms with E-state index in [9.17, 15) is 4.79 Å². The SMILES string of the molecule is C=CCN(Cc1cccs1)C(=O)Cc1ccc(OCC)cc1. The zero-order valence-corrected chi connectivity index (χ0v) is 13.6. The summed E-state index contributed by atoms with van der Waals surface area (Å²) in [5.41, 5.74) is 0.994. The molecule has 22 heavy (non-hydrogen) atoms. The fourth-order valence-corrected chi connectivity index (χ4v) is 2.88. The van der Waals surface area contributed by atoms with Crippen LogP contribution in [0.3, 0.4) is 0 Å². The van der Waals surface area contributed by atoms with Gasteiger partial charge in [0, 0.05) is 11.4 Å². The van der Waals surface area contributed by atoms with Gasteiger partial charge in [-0.3, -0.25) is 4.79 Å². The lowest BCUT2D eigenvalue weighted by Crippen LogP contribution is -2.31. The van der Waals surface area contributed by atoms with Gasteiger partial charge in [-0.1, -0.05) is 24.3 Å². The normalized spacial score (nSPS) is 10.2. The molecule has 116 valence electrons. The van der Waals surface area contributed by atoms with Crippen molar-refractivity contribution in [2.45, 2.75) is 19.9 Å². The quantitative estimate of drug-likeness (QED) is 0.691. The van der Waals surface area contributed by atoms with E-state index in [1.807, 2.05) is 53.6 Å². The maximum absolute atomic E-state index is 12.5. The first kappa shape index (κ1) is 16.3. The lowest BCUT2D eigenvalue weighted by atomic mass is 10.1. The fraction of sp³-hybridized carbons (Fsp3) is 0.278. The largest absolute Gasteiger partial charge is 0.494 e. The number of carbonyl (C=O) groups is 1. The Morgan fingerprint density at radius 3 is 2.68 bits per heavy atom. The van der Waals surface area contributed by atoms with E-state index in [1.54, 1.807) is 17.4 Å². The first-order valence-corrected chi connectivity index (χ1v) is 8.23. The summed E-state index contributed by atoms with van der Waals surface area (Å²) in [6.45, 7) is 7.54. The lowest BCUT2D eigenvalue weighted by molar-refractivity contribution is -0.130. The van der Waals surface area contributed by atoms with Crippen LogP contribution >= 0.6 is 11.3 Å². The van der Waals surface area contributed by atoms with Gasteiger partial charge in [0.1, 0.15) is 5.75 Å². The summed E-state index contributed by atoms with van der Waals surface area (Å²) < 4.78 is 5.41. The fourth-order valence-electron chi connectivity index (χ4n) is 2.16. The first-order chi connectivity index (χ1) is 10.7. The van der Waals surface area contributed by atoms with Crippen LogP contribution in [0.15, 0.2) is 54.4 Å². The third-order valence-electron chi connectivity index (χ3n) is 3.22. The maximum Gasteiger partial charge on any atom is 0.227 e. The van der Waals surface area contributed by atoms with E-state index < -0.39 is 0 Å². The molecule has 0 unspecified atom stereocenters. The second-order valence-electron chi connectivity index (χ2n) is 4.90. The molecule has 0 saturated carbocycles. The minimum Gasteiger partial charge on any atom is -0.494 e. The van der Waals surface area contributed by atoms with Gasteiger partial charge < -0.3 is 9.64 Å². The van der Waals surface area contributed by atoms with Crippen LogP contribution < -0.4 is 4.74 Å². The summed E-state index contributed by atoms with van der Waals surface area (Å²) in [6, 6.07) is 11.8. The maximum atomic E-state index is 12.5. The summed E-state index contributed by atoms with van der Waals surface area (Å²) in [7, 11) is 0. The van der Waals surface area contributed by atoms with Crippen molar-refractivity contribution in [3.63, 3.8) is 0 Å². The van der Waals surface area contributed by atoms with Crippen LogP contribution in [0.25, 0.3) is 0 Å². The van der Waals surface area contributed by atoms with Crippen molar-refractivity contribution in [1.82, 2.24) is 4.90 Å². The number of ether oxygens (including phenoxy) is 1. The number of hydrogen-bond acceptors (Lipinski definition) is 3. The molecule has 0 radical (unpaired) electrons. The Hall–Kier alpha value is -2.07. The molecule has 1 amide bonds. The number of hydrogen-bond donors (Lipinski definition) is 0. The Morgan fingerprint density at radius 1 is 1.32 bits per heavy atom. The monoisotopic (exact) mass is 315 g/mol. The standard InChI is InChI=1S/C18H21NO2S/c1-3-11-19(14-17-6-5-12-22-17)18(20)13-15-7-9-16(10-8-15)21-4-2/h3,5-10,12H,1,4,11,13-14H2,2H3. The number of benzene rings is 1. The molecule has 0 aliphatic rings. The third kappa shape index (κ3) is 4.74. The van der Waals surface area contributed by atoms with Crippen molar-refractivity contribution < 1.29 is 9.53 Å². The highest BCUT2D eigenvalue weighted by Gasteiger charge is 2.14. The Labute approximate surface area is 135 Å². The van der Waals surface area contributed by atoms with Gasteiger partial charge in [0.05, 0.1) is 19.6 Å². The number of rotatable bonds is 8. The van der Waals surface area contributed by atoms with Crippen LogP contribution in [0, 0.1) is 0 Å². The van der Waals surface area contributed by atoms with Crippen LogP contribution in [0.2, 0.25) is 0 Å². The molecular weight excluding hydrogens is 294 g/mol. The van der Waals surface area contributed by atoms with Gasteiger partial charge in [-0.2, -0.15) is 0 Å². The lowest BCUT2D eigenvalue weighted by Gasteiger charge is -2.20. The minimum absolute atomic E-state index is 0.109. The van der Waals surface area contributed by atoms with Gasteiger partial charge >= 0.3 is 0 Å². The minimum atomic E-state index is 0.109. The molecule has 0 aliphatic carbocycles. The van der Waals surface area contributed by atoms with Crippen LogP contribution in [-0.4, -0.2) is 24.0 Å². The van der Waals surface area contributed by atoms with Crippen LogP contribution in [0.4, 0.5) is 0 Å². The Bertz CT molecular complexity index is 590. The zero-order chi connectivity index (χ0) is 15.8. The highest BCUT2D eigenvalue weighted by molar-refractivity contribution is 7.09. The van der Waals surface area contributed by atoms with Crippen LogP contribution in [0.5, 0.6) is 5.75 Å². The molecular formula is C18H21NO2S. The Morgan fingerprint density at radius 2 is 2.09 bits per heavy atom. The first-order valence-electron chi connectivity index (χ1n) is 7.35. The van der Waals surface area contributed by atoms with Crippen molar-refractivity contribution in [3.8, 4) is 5.75 Å². The van der Waals surface area contributed by atoms with Gasteiger partial charge in [0.25, 0.3) is 0 Å². The van der Waals surface area contributed by atoms with E-state index in [-0.39, 0.29) is 5.91 Å². The third-order valence-corrected chi connectivity index (χ3v) is 4.08. The van der Waals surface area contributed by atoms with E-state index >= 15 is 0 Å². The second-order valence-corrected chi connectivity index (χ2v) is 5.93. The number of nitrogens with zero attached hydrogens (tertiary/aromatic N) is 1.